The van der Waals surface area contributed by atoms with E-state index >= 15 is 0 Å². The molecule has 1 aromatic heterocycles. The van der Waals surface area contributed by atoms with Crippen LogP contribution in [-0.2, 0) is 0 Å². The highest BCUT2D eigenvalue weighted by atomic mass is 35.5. The van der Waals surface area contributed by atoms with Crippen molar-refractivity contribution < 1.29 is 14.6 Å². The number of nitrogens with zero attached hydrogens (tertiary/aromatic N) is 1. The van der Waals surface area contributed by atoms with Gasteiger partial charge >= 0.3 is 5.97 Å². The second kappa shape index (κ2) is 12.0. The van der Waals surface area contributed by atoms with Crippen LogP contribution in [0.3, 0.4) is 0 Å². The van der Waals surface area contributed by atoms with Gasteiger partial charge in [0.25, 0.3) is 0 Å². The van der Waals surface area contributed by atoms with Crippen molar-refractivity contribution in [1.29, 1.82) is 5.41 Å². The number of carbonyl (C=O) groups is 1. The largest absolute Gasteiger partial charge is 0.478 e. The first-order valence-electron chi connectivity index (χ1n) is 12.5. The van der Waals surface area contributed by atoms with Crippen LogP contribution >= 0.6 is 11.6 Å². The zero-order valence-electron chi connectivity index (χ0n) is 22.2. The summed E-state index contributed by atoms with van der Waals surface area (Å²) in [7, 11) is 0. The number of carboxylic acids is 1. The number of nitrogens with one attached hydrogen (secondary N) is 2. The van der Waals surface area contributed by atoms with Gasteiger partial charge in [0.1, 0.15) is 17.3 Å². The third kappa shape index (κ3) is 6.72. The number of rotatable bonds is 9. The summed E-state index contributed by atoms with van der Waals surface area (Å²) >= 11 is 6.27. The molecule has 0 saturated heterocycles. The van der Waals surface area contributed by atoms with Crippen molar-refractivity contribution in [3.63, 3.8) is 0 Å². The summed E-state index contributed by atoms with van der Waals surface area (Å²) in [6, 6.07) is 22.4. The number of pyridine rings is 1. The van der Waals surface area contributed by atoms with Crippen molar-refractivity contribution in [2.45, 2.75) is 33.7 Å². The quantitative estimate of drug-likeness (QED) is 0.185. The van der Waals surface area contributed by atoms with Crippen molar-refractivity contribution >= 4 is 41.3 Å². The van der Waals surface area contributed by atoms with Crippen LogP contribution < -0.4 is 10.1 Å². The lowest BCUT2D eigenvalue weighted by atomic mass is 10.0. The summed E-state index contributed by atoms with van der Waals surface area (Å²) in [5, 5.41) is 22.2. The van der Waals surface area contributed by atoms with Crippen LogP contribution in [0.25, 0.3) is 12.2 Å². The Hall–Kier alpha value is -4.42. The molecule has 0 spiro atoms. The third-order valence-corrected chi connectivity index (χ3v) is 6.87. The van der Waals surface area contributed by atoms with Crippen LogP contribution in [-0.4, -0.2) is 21.8 Å². The molecule has 0 aliphatic carbocycles. The second-order valence-electron chi connectivity index (χ2n) is 9.40. The highest BCUT2D eigenvalue weighted by Crippen LogP contribution is 2.31. The molecule has 0 aliphatic heterocycles. The number of ether oxygens (including phenoxy) is 1. The average molecular weight is 540 g/mol. The summed E-state index contributed by atoms with van der Waals surface area (Å²) in [5.74, 6) is 0.626. The van der Waals surface area contributed by atoms with E-state index in [1.165, 1.54) is 6.07 Å². The molecule has 7 heteroatoms. The molecule has 39 heavy (non-hydrogen) atoms. The van der Waals surface area contributed by atoms with Gasteiger partial charge in [0.05, 0.1) is 16.8 Å². The predicted octanol–water partition coefficient (Wildman–Crippen LogP) is 8.57. The van der Waals surface area contributed by atoms with Gasteiger partial charge in [-0.3, -0.25) is 0 Å². The standard InChI is InChI=1S/C32H30ClN3O3/c1-19-16-27(17-20(2)30(19)33)39-26-14-11-24(12-15-26)22(4)35-31-29(21(3)34)28(32(37)38)18-25(36-31)13-10-23-8-6-5-7-9-23/h5-18,22,34H,1-4H3,(H,35,36)(H,37,38). The van der Waals surface area contributed by atoms with E-state index < -0.39 is 5.97 Å². The summed E-state index contributed by atoms with van der Waals surface area (Å²) in [6.45, 7) is 7.41. The number of aryl methyl sites for hydroxylation is 2. The highest BCUT2D eigenvalue weighted by Gasteiger charge is 2.20. The Morgan fingerprint density at radius 3 is 2.23 bits per heavy atom. The van der Waals surface area contributed by atoms with Gasteiger partial charge in [-0.15, -0.1) is 0 Å². The van der Waals surface area contributed by atoms with Crippen molar-refractivity contribution in [2.75, 3.05) is 5.32 Å². The zero-order chi connectivity index (χ0) is 28.1. The lowest BCUT2D eigenvalue weighted by molar-refractivity contribution is 0.0696. The van der Waals surface area contributed by atoms with Crippen molar-refractivity contribution in [3.8, 4) is 11.5 Å². The molecule has 0 radical (unpaired) electrons. The number of carboxylic acid groups (broad SMARTS) is 1. The summed E-state index contributed by atoms with van der Waals surface area (Å²) in [5.41, 5.74) is 4.71. The van der Waals surface area contributed by atoms with Gasteiger partial charge in [-0.2, -0.15) is 0 Å². The zero-order valence-corrected chi connectivity index (χ0v) is 23.0. The molecule has 0 amide bonds. The van der Waals surface area contributed by atoms with Crippen molar-refractivity contribution in [1.82, 2.24) is 4.98 Å². The van der Waals surface area contributed by atoms with Crippen LogP contribution in [0.1, 0.15) is 63.8 Å². The molecule has 0 fully saturated rings. The van der Waals surface area contributed by atoms with Crippen LogP contribution in [0.15, 0.2) is 72.8 Å². The fourth-order valence-corrected chi connectivity index (χ4v) is 4.37. The SMILES string of the molecule is CC(=N)c1c(C(=O)O)cc(C=Cc2ccccc2)nc1NC(C)c1ccc(Oc2cc(C)c(Cl)c(C)c2)cc1. The molecule has 0 bridgehead atoms. The van der Waals surface area contributed by atoms with Crippen LogP contribution in [0, 0.1) is 19.3 Å². The molecule has 3 aromatic carbocycles. The second-order valence-corrected chi connectivity index (χ2v) is 9.78. The minimum Gasteiger partial charge on any atom is -0.478 e. The number of aromatic nitrogens is 1. The molecule has 6 nitrogen and oxygen atoms in total. The first-order valence-corrected chi connectivity index (χ1v) is 12.9. The maximum Gasteiger partial charge on any atom is 0.336 e. The van der Waals surface area contributed by atoms with E-state index in [-0.39, 0.29) is 22.9 Å². The third-order valence-electron chi connectivity index (χ3n) is 6.27. The van der Waals surface area contributed by atoms with Crippen LogP contribution in [0.5, 0.6) is 11.5 Å². The molecule has 4 rings (SSSR count). The molecule has 1 heterocycles. The minimum atomic E-state index is -1.11. The van der Waals surface area contributed by atoms with Gasteiger partial charge < -0.3 is 20.6 Å². The van der Waals surface area contributed by atoms with Crippen molar-refractivity contribution in [3.05, 3.63) is 117 Å². The van der Waals surface area contributed by atoms with Gasteiger partial charge in [0.15, 0.2) is 0 Å². The summed E-state index contributed by atoms with van der Waals surface area (Å²) < 4.78 is 6.03. The average Bonchev–Trinajstić information content (AvgIpc) is 2.91. The number of hydrogen-bond donors (Lipinski definition) is 3. The van der Waals surface area contributed by atoms with E-state index in [9.17, 15) is 9.90 Å². The predicted molar refractivity (Wildman–Crippen MR) is 159 cm³/mol. The van der Waals surface area contributed by atoms with E-state index in [1.807, 2.05) is 93.6 Å². The molecule has 3 N–H and O–H groups in total. The van der Waals surface area contributed by atoms with E-state index in [0.717, 1.165) is 27.3 Å². The minimum absolute atomic E-state index is 0.0252. The van der Waals surface area contributed by atoms with E-state index in [0.29, 0.717) is 23.0 Å². The Labute approximate surface area is 233 Å². The number of aromatic carboxylic acids is 1. The Morgan fingerprint density at radius 2 is 1.64 bits per heavy atom. The molecule has 198 valence electrons. The first kappa shape index (κ1) is 27.6. The van der Waals surface area contributed by atoms with Gasteiger partial charge in [-0.05, 0) is 86.4 Å². The Balaban J connectivity index is 1.60. The number of anilines is 1. The number of halogens is 1. The molecule has 4 aromatic rings. The Bertz CT molecular complexity index is 1520. The topological polar surface area (TPSA) is 95.3 Å². The van der Waals surface area contributed by atoms with Crippen molar-refractivity contribution in [2.24, 2.45) is 0 Å². The maximum atomic E-state index is 12.1. The monoisotopic (exact) mass is 539 g/mol. The molecular formula is C32H30ClN3O3. The van der Waals surface area contributed by atoms with Gasteiger partial charge in [0, 0.05) is 16.8 Å². The van der Waals surface area contributed by atoms with Gasteiger partial charge in [-0.25, -0.2) is 9.78 Å². The lowest BCUT2D eigenvalue weighted by Crippen LogP contribution is -2.16. The van der Waals surface area contributed by atoms with E-state index in [1.54, 1.807) is 13.0 Å². The Kier molecular flexibility index (Phi) is 8.47. The molecule has 1 unspecified atom stereocenters. The molecule has 1 atom stereocenters. The highest BCUT2D eigenvalue weighted by molar-refractivity contribution is 6.32. The fraction of sp³-hybridized carbons (Fsp3) is 0.156. The first-order chi connectivity index (χ1) is 18.6. The van der Waals surface area contributed by atoms with Gasteiger partial charge in [0.2, 0.25) is 0 Å². The smallest absolute Gasteiger partial charge is 0.336 e. The fourth-order valence-electron chi connectivity index (χ4n) is 4.26. The number of benzene rings is 3. The number of hydrogen-bond acceptors (Lipinski definition) is 5. The lowest BCUT2D eigenvalue weighted by Gasteiger charge is -2.20. The van der Waals surface area contributed by atoms with Crippen LogP contribution in [0.2, 0.25) is 5.02 Å². The summed E-state index contributed by atoms with van der Waals surface area (Å²) in [4.78, 5) is 16.8. The Morgan fingerprint density at radius 1 is 1.00 bits per heavy atom. The maximum absolute atomic E-state index is 12.1. The van der Waals surface area contributed by atoms with Crippen LogP contribution in [0.4, 0.5) is 5.82 Å². The summed E-state index contributed by atoms with van der Waals surface area (Å²) in [6.07, 6.45) is 3.65. The van der Waals surface area contributed by atoms with E-state index in [4.69, 9.17) is 21.7 Å². The van der Waals surface area contributed by atoms with Gasteiger partial charge in [-0.1, -0.05) is 60.1 Å². The molecule has 0 aliphatic rings. The van der Waals surface area contributed by atoms with E-state index in [2.05, 4.69) is 10.3 Å². The normalized spacial score (nSPS) is 11.8. The molecular weight excluding hydrogens is 510 g/mol. The molecule has 0 saturated carbocycles.